The molecule has 1 saturated heterocycles. The van der Waals surface area contributed by atoms with Crippen molar-refractivity contribution in [2.45, 2.75) is 32.7 Å². The van der Waals surface area contributed by atoms with E-state index in [1.165, 1.54) is 0 Å². The standard InChI is InChI=1S/C12H18N4O/c1-3-6-16-8-10(7-12(16)17)13-11-5-4-9(2)14-15-11/h4-5,10H,3,6-8H2,1-2H3,(H,13,15). The maximum atomic E-state index is 11.7. The van der Waals surface area contributed by atoms with E-state index >= 15 is 0 Å². The molecule has 1 atom stereocenters. The van der Waals surface area contributed by atoms with Crippen molar-refractivity contribution in [3.63, 3.8) is 0 Å². The van der Waals surface area contributed by atoms with Crippen molar-refractivity contribution in [3.8, 4) is 0 Å². The lowest BCUT2D eigenvalue weighted by Crippen LogP contribution is -2.28. The van der Waals surface area contributed by atoms with Crippen molar-refractivity contribution in [2.75, 3.05) is 18.4 Å². The number of nitrogens with one attached hydrogen (secondary N) is 1. The number of rotatable bonds is 4. The Hall–Kier alpha value is -1.65. The molecule has 0 aliphatic carbocycles. The maximum absolute atomic E-state index is 11.7. The molecule has 1 amide bonds. The van der Waals surface area contributed by atoms with E-state index in [0.29, 0.717) is 6.42 Å². The molecule has 1 N–H and O–H groups in total. The van der Waals surface area contributed by atoms with E-state index in [1.807, 2.05) is 24.0 Å². The van der Waals surface area contributed by atoms with E-state index in [0.717, 1.165) is 31.0 Å². The van der Waals surface area contributed by atoms with E-state index < -0.39 is 0 Å². The Bertz CT molecular complexity index is 390. The summed E-state index contributed by atoms with van der Waals surface area (Å²) in [6, 6.07) is 3.97. The molecule has 1 unspecified atom stereocenters. The zero-order valence-corrected chi connectivity index (χ0v) is 10.3. The Balaban J connectivity index is 1.93. The molecule has 0 radical (unpaired) electrons. The molecule has 5 nitrogen and oxygen atoms in total. The van der Waals surface area contributed by atoms with Crippen LogP contribution >= 0.6 is 0 Å². The first kappa shape index (κ1) is 11.8. The number of hydrogen-bond acceptors (Lipinski definition) is 4. The SMILES string of the molecule is CCCN1CC(Nc2ccc(C)nn2)CC1=O. The van der Waals surface area contributed by atoms with E-state index in [1.54, 1.807) is 0 Å². The van der Waals surface area contributed by atoms with Gasteiger partial charge in [0, 0.05) is 19.5 Å². The third-order valence-electron chi connectivity index (χ3n) is 2.86. The number of likely N-dealkylation sites (tertiary alicyclic amines) is 1. The molecule has 1 fully saturated rings. The highest BCUT2D eigenvalue weighted by Crippen LogP contribution is 2.15. The Morgan fingerprint density at radius 1 is 1.47 bits per heavy atom. The molecular formula is C12H18N4O. The highest BCUT2D eigenvalue weighted by atomic mass is 16.2. The van der Waals surface area contributed by atoms with Gasteiger partial charge in [0.25, 0.3) is 0 Å². The fourth-order valence-corrected chi connectivity index (χ4v) is 2.04. The van der Waals surface area contributed by atoms with Crippen molar-refractivity contribution in [3.05, 3.63) is 17.8 Å². The van der Waals surface area contributed by atoms with Gasteiger partial charge in [-0.1, -0.05) is 6.92 Å². The van der Waals surface area contributed by atoms with Gasteiger partial charge in [-0.05, 0) is 25.5 Å². The molecule has 0 aromatic carbocycles. The first-order chi connectivity index (χ1) is 8.19. The van der Waals surface area contributed by atoms with Gasteiger partial charge >= 0.3 is 0 Å². The molecule has 2 rings (SSSR count). The summed E-state index contributed by atoms with van der Waals surface area (Å²) >= 11 is 0. The van der Waals surface area contributed by atoms with Gasteiger partial charge in [-0.2, -0.15) is 5.10 Å². The lowest BCUT2D eigenvalue weighted by Gasteiger charge is -2.16. The number of hydrogen-bond donors (Lipinski definition) is 1. The van der Waals surface area contributed by atoms with Crippen LogP contribution in [0.1, 0.15) is 25.5 Å². The van der Waals surface area contributed by atoms with Gasteiger partial charge in [0.1, 0.15) is 5.82 Å². The normalized spacial score (nSPS) is 19.8. The number of nitrogens with zero attached hydrogens (tertiary/aromatic N) is 3. The number of aromatic nitrogens is 2. The molecule has 92 valence electrons. The van der Waals surface area contributed by atoms with Gasteiger partial charge in [0.05, 0.1) is 11.7 Å². The largest absolute Gasteiger partial charge is 0.364 e. The number of carbonyl (C=O) groups is 1. The van der Waals surface area contributed by atoms with E-state index in [9.17, 15) is 4.79 Å². The predicted molar refractivity (Wildman–Crippen MR) is 65.7 cm³/mol. The second kappa shape index (κ2) is 5.12. The summed E-state index contributed by atoms with van der Waals surface area (Å²) in [4.78, 5) is 13.6. The number of amides is 1. The molecule has 17 heavy (non-hydrogen) atoms. The summed E-state index contributed by atoms with van der Waals surface area (Å²) in [5, 5.41) is 11.3. The van der Waals surface area contributed by atoms with Crippen molar-refractivity contribution >= 4 is 11.7 Å². The topological polar surface area (TPSA) is 58.1 Å². The summed E-state index contributed by atoms with van der Waals surface area (Å²) < 4.78 is 0. The van der Waals surface area contributed by atoms with E-state index in [-0.39, 0.29) is 11.9 Å². The summed E-state index contributed by atoms with van der Waals surface area (Å²) in [6.07, 6.45) is 1.55. The average molecular weight is 234 g/mol. The third kappa shape index (κ3) is 2.93. The minimum absolute atomic E-state index is 0.158. The van der Waals surface area contributed by atoms with Crippen LogP contribution in [0, 0.1) is 6.92 Å². The number of aryl methyl sites for hydroxylation is 1. The second-order valence-corrected chi connectivity index (χ2v) is 4.45. The fourth-order valence-electron chi connectivity index (χ4n) is 2.04. The van der Waals surface area contributed by atoms with Crippen LogP contribution in [0.15, 0.2) is 12.1 Å². The molecule has 1 aromatic heterocycles. The zero-order chi connectivity index (χ0) is 12.3. The minimum Gasteiger partial charge on any atom is -0.364 e. The third-order valence-corrected chi connectivity index (χ3v) is 2.86. The Morgan fingerprint density at radius 3 is 2.94 bits per heavy atom. The highest BCUT2D eigenvalue weighted by molar-refractivity contribution is 5.79. The second-order valence-electron chi connectivity index (χ2n) is 4.45. The summed E-state index contributed by atoms with van der Waals surface area (Å²) in [5.74, 6) is 0.969. The number of anilines is 1. The summed E-state index contributed by atoms with van der Waals surface area (Å²) in [7, 11) is 0. The molecule has 2 heterocycles. The van der Waals surface area contributed by atoms with E-state index in [4.69, 9.17) is 0 Å². The number of carbonyl (C=O) groups excluding carboxylic acids is 1. The molecule has 5 heteroatoms. The Labute approximate surface area is 101 Å². The van der Waals surface area contributed by atoms with Gasteiger partial charge in [0.2, 0.25) is 5.91 Å². The monoisotopic (exact) mass is 234 g/mol. The van der Waals surface area contributed by atoms with Gasteiger partial charge < -0.3 is 10.2 Å². The summed E-state index contributed by atoms with van der Waals surface area (Å²) in [6.45, 7) is 5.59. The Kier molecular flexibility index (Phi) is 3.56. The van der Waals surface area contributed by atoms with Crippen molar-refractivity contribution < 1.29 is 4.79 Å². The van der Waals surface area contributed by atoms with Crippen molar-refractivity contribution in [2.24, 2.45) is 0 Å². The molecule has 1 aliphatic heterocycles. The van der Waals surface area contributed by atoms with E-state index in [2.05, 4.69) is 22.4 Å². The van der Waals surface area contributed by atoms with Crippen LogP contribution in [-0.4, -0.2) is 40.1 Å². The van der Waals surface area contributed by atoms with Crippen LogP contribution in [0.2, 0.25) is 0 Å². The molecule has 0 saturated carbocycles. The minimum atomic E-state index is 0.158. The van der Waals surface area contributed by atoms with Gasteiger partial charge in [-0.3, -0.25) is 4.79 Å². The molecule has 1 aromatic rings. The highest BCUT2D eigenvalue weighted by Gasteiger charge is 2.28. The lowest BCUT2D eigenvalue weighted by atomic mass is 10.2. The van der Waals surface area contributed by atoms with Crippen LogP contribution in [0.3, 0.4) is 0 Å². The maximum Gasteiger partial charge on any atom is 0.224 e. The predicted octanol–water partition coefficient (Wildman–Crippen LogP) is 1.21. The first-order valence-electron chi connectivity index (χ1n) is 6.03. The molecule has 0 bridgehead atoms. The van der Waals surface area contributed by atoms with Gasteiger partial charge in [-0.25, -0.2) is 0 Å². The smallest absolute Gasteiger partial charge is 0.224 e. The fraction of sp³-hybridized carbons (Fsp3) is 0.583. The lowest BCUT2D eigenvalue weighted by molar-refractivity contribution is -0.127. The average Bonchev–Trinajstić information content (AvgIpc) is 2.63. The molecule has 0 spiro atoms. The van der Waals surface area contributed by atoms with Crippen LogP contribution in [0.5, 0.6) is 0 Å². The molecule has 1 aliphatic rings. The van der Waals surface area contributed by atoms with Crippen LogP contribution in [0.4, 0.5) is 5.82 Å². The zero-order valence-electron chi connectivity index (χ0n) is 10.3. The molecular weight excluding hydrogens is 216 g/mol. The quantitative estimate of drug-likeness (QED) is 0.850. The van der Waals surface area contributed by atoms with Crippen LogP contribution in [-0.2, 0) is 4.79 Å². The van der Waals surface area contributed by atoms with Gasteiger partial charge in [0.15, 0.2) is 0 Å². The van der Waals surface area contributed by atoms with Crippen molar-refractivity contribution in [1.29, 1.82) is 0 Å². The van der Waals surface area contributed by atoms with Crippen LogP contribution in [0.25, 0.3) is 0 Å². The summed E-state index contributed by atoms with van der Waals surface area (Å²) in [5.41, 5.74) is 0.894. The Morgan fingerprint density at radius 2 is 2.29 bits per heavy atom. The first-order valence-corrected chi connectivity index (χ1v) is 6.03. The van der Waals surface area contributed by atoms with Gasteiger partial charge in [-0.15, -0.1) is 5.10 Å². The van der Waals surface area contributed by atoms with Crippen molar-refractivity contribution in [1.82, 2.24) is 15.1 Å². The van der Waals surface area contributed by atoms with Crippen LogP contribution < -0.4 is 5.32 Å².